The summed E-state index contributed by atoms with van der Waals surface area (Å²) in [5.74, 6) is 0.897. The molecule has 2 saturated heterocycles. The fourth-order valence-electron chi connectivity index (χ4n) is 3.08. The van der Waals surface area contributed by atoms with E-state index in [4.69, 9.17) is 0 Å². The molecule has 3 heterocycles. The van der Waals surface area contributed by atoms with Crippen LogP contribution in [0.3, 0.4) is 0 Å². The monoisotopic (exact) mass is 314 g/mol. The molecule has 2 atom stereocenters. The van der Waals surface area contributed by atoms with Crippen molar-refractivity contribution in [2.24, 2.45) is 5.92 Å². The molecule has 0 saturated carbocycles. The van der Waals surface area contributed by atoms with Gasteiger partial charge in [-0.2, -0.15) is 0 Å². The number of rotatable bonds is 2. The summed E-state index contributed by atoms with van der Waals surface area (Å²) in [6.07, 6.45) is 2.78. The number of aryl methyl sites for hydroxylation is 1. The summed E-state index contributed by atoms with van der Waals surface area (Å²) in [6, 6.07) is 3.04. The molecular weight excluding hydrogens is 296 g/mol. The summed E-state index contributed by atoms with van der Waals surface area (Å²) in [7, 11) is 0. The van der Waals surface area contributed by atoms with E-state index in [-0.39, 0.29) is 0 Å². The van der Waals surface area contributed by atoms with Crippen molar-refractivity contribution < 1.29 is 0 Å². The number of halogens is 1. The predicted molar refractivity (Wildman–Crippen MR) is 76.5 cm³/mol. The van der Waals surface area contributed by atoms with Crippen LogP contribution in [0.1, 0.15) is 22.6 Å². The first-order valence-corrected chi connectivity index (χ1v) is 8.04. The first-order chi connectivity index (χ1) is 8.22. The van der Waals surface area contributed by atoms with Gasteiger partial charge in [-0.1, -0.05) is 0 Å². The van der Waals surface area contributed by atoms with Crippen LogP contribution in [0.15, 0.2) is 10.5 Å². The number of nitrogens with zero attached hydrogens (tertiary/aromatic N) is 1. The maximum Gasteiger partial charge on any atom is 0.0329 e. The van der Waals surface area contributed by atoms with E-state index in [0.29, 0.717) is 0 Å². The highest BCUT2D eigenvalue weighted by Crippen LogP contribution is 2.30. The van der Waals surface area contributed by atoms with Crippen LogP contribution in [0, 0.1) is 12.8 Å². The average Bonchev–Trinajstić information content (AvgIpc) is 2.83. The summed E-state index contributed by atoms with van der Waals surface area (Å²) in [5.41, 5.74) is 0. The normalized spacial score (nSPS) is 29.5. The van der Waals surface area contributed by atoms with E-state index in [9.17, 15) is 0 Å². The van der Waals surface area contributed by atoms with E-state index in [2.05, 4.69) is 39.1 Å². The van der Waals surface area contributed by atoms with E-state index in [1.54, 1.807) is 0 Å². The van der Waals surface area contributed by atoms with Gasteiger partial charge in [-0.3, -0.25) is 4.90 Å². The largest absolute Gasteiger partial charge is 0.312 e. The van der Waals surface area contributed by atoms with E-state index < -0.39 is 0 Å². The molecule has 0 aliphatic carbocycles. The molecule has 0 aromatic carbocycles. The molecule has 0 radical (unpaired) electrons. The predicted octanol–water partition coefficient (Wildman–Crippen LogP) is 3.00. The molecule has 1 aromatic rings. The molecule has 2 nitrogen and oxygen atoms in total. The van der Waals surface area contributed by atoms with E-state index in [1.807, 2.05) is 11.3 Å². The fraction of sp³-hybridized carbons (Fsp3) is 0.692. The summed E-state index contributed by atoms with van der Waals surface area (Å²) >= 11 is 5.53. The Morgan fingerprint density at radius 3 is 3.12 bits per heavy atom. The van der Waals surface area contributed by atoms with Crippen LogP contribution in [0.5, 0.6) is 0 Å². The maximum atomic E-state index is 3.67. The highest BCUT2D eigenvalue weighted by Gasteiger charge is 2.34. The van der Waals surface area contributed by atoms with Crippen LogP contribution in [0.4, 0.5) is 0 Å². The minimum absolute atomic E-state index is 0.758. The van der Waals surface area contributed by atoms with Crippen LogP contribution in [-0.2, 0) is 6.54 Å². The lowest BCUT2D eigenvalue weighted by Gasteiger charge is -2.24. The first kappa shape index (κ1) is 12.2. The highest BCUT2D eigenvalue weighted by atomic mass is 79.9. The second kappa shape index (κ2) is 5.00. The Balaban J connectivity index is 1.63. The van der Waals surface area contributed by atoms with Crippen LogP contribution >= 0.6 is 27.3 Å². The second-order valence-electron chi connectivity index (χ2n) is 5.27. The van der Waals surface area contributed by atoms with Crippen molar-refractivity contribution in [1.82, 2.24) is 10.2 Å². The van der Waals surface area contributed by atoms with Gasteiger partial charge in [0.25, 0.3) is 0 Å². The van der Waals surface area contributed by atoms with Crippen LogP contribution in [0.25, 0.3) is 0 Å². The van der Waals surface area contributed by atoms with Gasteiger partial charge in [-0.15, -0.1) is 11.3 Å². The zero-order chi connectivity index (χ0) is 11.8. The zero-order valence-corrected chi connectivity index (χ0v) is 12.6. The van der Waals surface area contributed by atoms with Gasteiger partial charge in [-0.05, 0) is 54.2 Å². The number of thiophene rings is 1. The summed E-state index contributed by atoms with van der Waals surface area (Å²) in [4.78, 5) is 5.51. The molecule has 2 fully saturated rings. The topological polar surface area (TPSA) is 15.3 Å². The molecule has 4 heteroatoms. The molecular formula is C13H19BrN2S. The molecule has 0 amide bonds. The Labute approximate surface area is 116 Å². The quantitative estimate of drug-likeness (QED) is 0.902. The first-order valence-electron chi connectivity index (χ1n) is 6.43. The third kappa shape index (κ3) is 2.60. The number of nitrogens with one attached hydrogen (secondary N) is 1. The lowest BCUT2D eigenvalue weighted by atomic mass is 9.94. The number of hydrogen-bond acceptors (Lipinski definition) is 3. The molecule has 3 rings (SSSR count). The molecule has 1 aromatic heterocycles. The van der Waals surface area contributed by atoms with Gasteiger partial charge in [-0.25, -0.2) is 0 Å². The zero-order valence-electron chi connectivity index (χ0n) is 10.2. The Bertz CT molecular complexity index is 371. The van der Waals surface area contributed by atoms with Crippen molar-refractivity contribution in [3.05, 3.63) is 20.3 Å². The Kier molecular flexibility index (Phi) is 3.57. The fourth-order valence-corrected chi connectivity index (χ4v) is 4.73. The van der Waals surface area contributed by atoms with Crippen molar-refractivity contribution in [1.29, 1.82) is 0 Å². The number of piperidine rings is 1. The lowest BCUT2D eigenvalue weighted by Crippen LogP contribution is -2.40. The third-order valence-corrected chi connectivity index (χ3v) is 6.08. The summed E-state index contributed by atoms with van der Waals surface area (Å²) < 4.78 is 1.27. The van der Waals surface area contributed by atoms with E-state index in [1.165, 1.54) is 46.7 Å². The van der Waals surface area contributed by atoms with Crippen LogP contribution in [-0.4, -0.2) is 30.6 Å². The molecule has 2 aliphatic heterocycles. The van der Waals surface area contributed by atoms with Gasteiger partial charge >= 0.3 is 0 Å². The minimum Gasteiger partial charge on any atom is -0.312 e. The maximum absolute atomic E-state index is 3.67. The van der Waals surface area contributed by atoms with Crippen molar-refractivity contribution in [3.63, 3.8) is 0 Å². The van der Waals surface area contributed by atoms with E-state index >= 15 is 0 Å². The van der Waals surface area contributed by atoms with Crippen molar-refractivity contribution in [2.45, 2.75) is 32.4 Å². The summed E-state index contributed by atoms with van der Waals surface area (Å²) in [5, 5.41) is 3.67. The number of likely N-dealkylation sites (tertiary alicyclic amines) is 1. The number of fused-ring (bicyclic) bond motifs is 1. The van der Waals surface area contributed by atoms with Gasteiger partial charge in [0.2, 0.25) is 0 Å². The van der Waals surface area contributed by atoms with Crippen molar-refractivity contribution in [2.75, 3.05) is 19.6 Å². The second-order valence-corrected chi connectivity index (χ2v) is 7.47. The number of hydrogen-bond donors (Lipinski definition) is 1. The molecule has 0 unspecified atom stereocenters. The SMILES string of the molecule is Cc1sc(CN2C[C@@H]3CCCN[C@@H]3C2)cc1Br. The molecule has 1 N–H and O–H groups in total. The van der Waals surface area contributed by atoms with Gasteiger partial charge < -0.3 is 5.32 Å². The smallest absolute Gasteiger partial charge is 0.0329 e. The Hall–Kier alpha value is 0.100. The van der Waals surface area contributed by atoms with Crippen LogP contribution in [0.2, 0.25) is 0 Å². The summed E-state index contributed by atoms with van der Waals surface area (Å²) in [6.45, 7) is 7.06. The minimum atomic E-state index is 0.758. The molecule has 0 spiro atoms. The molecule has 0 bridgehead atoms. The van der Waals surface area contributed by atoms with Gasteiger partial charge in [0, 0.05) is 39.9 Å². The highest BCUT2D eigenvalue weighted by molar-refractivity contribution is 9.10. The standard InChI is InChI=1S/C13H19BrN2S/c1-9-12(14)5-11(17-9)7-16-6-10-3-2-4-15-13(10)8-16/h5,10,13,15H,2-4,6-8H2,1H3/t10-,13+/m0/s1. The average molecular weight is 315 g/mol. The Morgan fingerprint density at radius 2 is 2.41 bits per heavy atom. The van der Waals surface area contributed by atoms with E-state index in [0.717, 1.165) is 18.5 Å². The molecule has 17 heavy (non-hydrogen) atoms. The van der Waals surface area contributed by atoms with Gasteiger partial charge in [0.1, 0.15) is 0 Å². The molecule has 94 valence electrons. The third-order valence-electron chi connectivity index (χ3n) is 3.96. The van der Waals surface area contributed by atoms with Gasteiger partial charge in [0.05, 0.1) is 0 Å². The van der Waals surface area contributed by atoms with Crippen molar-refractivity contribution in [3.8, 4) is 0 Å². The molecule has 2 aliphatic rings. The van der Waals surface area contributed by atoms with Crippen LogP contribution < -0.4 is 5.32 Å². The Morgan fingerprint density at radius 1 is 1.53 bits per heavy atom. The van der Waals surface area contributed by atoms with Crippen molar-refractivity contribution >= 4 is 27.3 Å². The van der Waals surface area contributed by atoms with Gasteiger partial charge in [0.15, 0.2) is 0 Å². The lowest BCUT2D eigenvalue weighted by molar-refractivity contribution is 0.315.